The van der Waals surface area contributed by atoms with Gasteiger partial charge in [-0.3, -0.25) is 9.59 Å². The monoisotopic (exact) mass is 304 g/mol. The summed E-state index contributed by atoms with van der Waals surface area (Å²) in [6, 6.07) is 8.79. The normalized spacial score (nSPS) is 13.8. The number of hydrogen-bond donors (Lipinski definition) is 0. The van der Waals surface area contributed by atoms with Crippen molar-refractivity contribution >= 4 is 40.7 Å². The van der Waals surface area contributed by atoms with Crippen molar-refractivity contribution in [2.75, 3.05) is 11.9 Å². The Kier molecular flexibility index (Phi) is 3.23. The number of aromatic nitrogens is 1. The number of anilines is 1. The molecule has 0 saturated heterocycles. The zero-order valence-corrected chi connectivity index (χ0v) is 12.0. The molecule has 4 nitrogen and oxygen atoms in total. The number of ketones is 1. The largest absolute Gasteiger partial charge is 0.308 e. The molecule has 6 heteroatoms. The number of rotatable bonds is 2. The summed E-state index contributed by atoms with van der Waals surface area (Å²) in [5, 5.41) is 1.26. The van der Waals surface area contributed by atoms with Gasteiger partial charge in [-0.1, -0.05) is 23.4 Å². The van der Waals surface area contributed by atoms with Crippen LogP contribution in [0.2, 0.25) is 5.02 Å². The average Bonchev–Trinajstić information content (AvgIpc) is 2.66. The van der Waals surface area contributed by atoms with Crippen molar-refractivity contribution in [2.45, 2.75) is 9.92 Å². The molecule has 0 saturated carbocycles. The minimum Gasteiger partial charge on any atom is -0.308 e. The molecule has 0 spiro atoms. The molecule has 2 aromatic rings. The highest BCUT2D eigenvalue weighted by Crippen LogP contribution is 2.36. The smallest absolute Gasteiger partial charge is 0.299 e. The number of benzene rings is 1. The third kappa shape index (κ3) is 2.09. The Morgan fingerprint density at radius 2 is 2.05 bits per heavy atom. The Morgan fingerprint density at radius 1 is 1.25 bits per heavy atom. The van der Waals surface area contributed by atoms with Crippen LogP contribution in [0.25, 0.3) is 0 Å². The Morgan fingerprint density at radius 3 is 2.80 bits per heavy atom. The third-order valence-corrected chi connectivity index (χ3v) is 4.44. The summed E-state index contributed by atoms with van der Waals surface area (Å²) < 4.78 is 0. The number of Topliss-reactive ketones (excluding diaryl/α,β-unsaturated/α-hetero) is 1. The number of halogens is 1. The van der Waals surface area contributed by atoms with Crippen molar-refractivity contribution in [1.82, 2.24) is 4.98 Å². The first kappa shape index (κ1) is 13.1. The van der Waals surface area contributed by atoms with E-state index in [4.69, 9.17) is 11.6 Å². The predicted octanol–water partition coefficient (Wildman–Crippen LogP) is 3.05. The lowest BCUT2D eigenvalue weighted by Crippen LogP contribution is -2.24. The molecular formula is C14H9ClN2O2S. The van der Waals surface area contributed by atoms with Gasteiger partial charge in [0.05, 0.1) is 16.3 Å². The van der Waals surface area contributed by atoms with E-state index in [1.165, 1.54) is 16.7 Å². The molecule has 0 N–H and O–H groups in total. The minimum atomic E-state index is -0.502. The molecule has 0 radical (unpaired) electrons. The molecule has 0 atom stereocenters. The summed E-state index contributed by atoms with van der Waals surface area (Å²) in [6.45, 7) is 0. The van der Waals surface area contributed by atoms with Crippen molar-refractivity contribution in [2.24, 2.45) is 0 Å². The van der Waals surface area contributed by atoms with Gasteiger partial charge in [-0.2, -0.15) is 0 Å². The van der Waals surface area contributed by atoms with Crippen molar-refractivity contribution in [3.05, 3.63) is 47.1 Å². The Balaban J connectivity index is 1.97. The van der Waals surface area contributed by atoms with E-state index in [-0.39, 0.29) is 0 Å². The van der Waals surface area contributed by atoms with Gasteiger partial charge in [-0.25, -0.2) is 4.98 Å². The van der Waals surface area contributed by atoms with Crippen molar-refractivity contribution in [3.63, 3.8) is 0 Å². The van der Waals surface area contributed by atoms with Gasteiger partial charge in [0, 0.05) is 18.1 Å². The van der Waals surface area contributed by atoms with E-state index >= 15 is 0 Å². The molecule has 1 aromatic heterocycles. The predicted molar refractivity (Wildman–Crippen MR) is 77.6 cm³/mol. The highest BCUT2D eigenvalue weighted by molar-refractivity contribution is 7.99. The lowest BCUT2D eigenvalue weighted by Gasteiger charge is -2.10. The maximum Gasteiger partial charge on any atom is 0.299 e. The number of nitrogens with zero attached hydrogens (tertiary/aromatic N) is 2. The Hall–Kier alpha value is -1.85. The van der Waals surface area contributed by atoms with Crippen LogP contribution in [0.15, 0.2) is 46.5 Å². The molecular weight excluding hydrogens is 296 g/mol. The van der Waals surface area contributed by atoms with Crippen LogP contribution in [0.3, 0.4) is 0 Å². The summed E-state index contributed by atoms with van der Waals surface area (Å²) in [5.74, 6) is -0.965. The fourth-order valence-electron chi connectivity index (χ4n) is 1.98. The molecule has 1 aromatic carbocycles. The SMILES string of the molecule is CN1C(=O)C(=O)c2ccc(Sc3ncccc3Cl)cc21. The van der Waals surface area contributed by atoms with Crippen LogP contribution >= 0.6 is 23.4 Å². The van der Waals surface area contributed by atoms with E-state index in [9.17, 15) is 9.59 Å². The lowest BCUT2D eigenvalue weighted by molar-refractivity contribution is -0.114. The molecule has 0 fully saturated rings. The van der Waals surface area contributed by atoms with Crippen LogP contribution in [0.1, 0.15) is 10.4 Å². The molecule has 3 rings (SSSR count). The van der Waals surface area contributed by atoms with Crippen LogP contribution in [-0.2, 0) is 4.79 Å². The number of carbonyl (C=O) groups is 2. The molecule has 2 heterocycles. The topological polar surface area (TPSA) is 50.3 Å². The number of fused-ring (bicyclic) bond motifs is 1. The fourth-order valence-corrected chi connectivity index (χ4v) is 3.03. The average molecular weight is 305 g/mol. The number of pyridine rings is 1. The van der Waals surface area contributed by atoms with Crippen LogP contribution in [0.4, 0.5) is 5.69 Å². The molecule has 1 aliphatic rings. The van der Waals surface area contributed by atoms with Gasteiger partial charge < -0.3 is 4.90 Å². The summed E-state index contributed by atoms with van der Waals surface area (Å²) in [5.41, 5.74) is 1.06. The maximum atomic E-state index is 11.7. The van der Waals surface area contributed by atoms with E-state index in [0.717, 1.165) is 4.90 Å². The number of amides is 1. The second kappa shape index (κ2) is 4.92. The van der Waals surface area contributed by atoms with Crippen molar-refractivity contribution in [1.29, 1.82) is 0 Å². The second-order valence-corrected chi connectivity index (χ2v) is 5.73. The van der Waals surface area contributed by atoms with Crippen LogP contribution in [-0.4, -0.2) is 23.7 Å². The standard InChI is InChI=1S/C14H9ClN2O2S/c1-17-11-7-8(4-5-9(11)12(18)14(17)19)20-13-10(15)3-2-6-16-13/h2-7H,1H3. The molecule has 1 aliphatic heterocycles. The van der Waals surface area contributed by atoms with Crippen LogP contribution in [0.5, 0.6) is 0 Å². The zero-order chi connectivity index (χ0) is 14.3. The number of likely N-dealkylation sites (N-methyl/N-ethyl adjacent to an activating group) is 1. The summed E-state index contributed by atoms with van der Waals surface area (Å²) in [7, 11) is 1.59. The van der Waals surface area contributed by atoms with Crippen molar-refractivity contribution < 1.29 is 9.59 Å². The molecule has 1 amide bonds. The van der Waals surface area contributed by atoms with Gasteiger partial charge >= 0.3 is 0 Å². The summed E-state index contributed by atoms with van der Waals surface area (Å²) in [6.07, 6.45) is 1.67. The molecule has 100 valence electrons. The second-order valence-electron chi connectivity index (χ2n) is 4.26. The van der Waals surface area contributed by atoms with E-state index in [1.54, 1.807) is 43.6 Å². The highest BCUT2D eigenvalue weighted by atomic mass is 35.5. The van der Waals surface area contributed by atoms with Crippen LogP contribution in [0, 0.1) is 0 Å². The molecule has 0 bridgehead atoms. The molecule has 0 unspecified atom stereocenters. The molecule has 0 aliphatic carbocycles. The first-order valence-corrected chi connectivity index (χ1v) is 7.02. The number of hydrogen-bond acceptors (Lipinski definition) is 4. The Bertz CT molecular complexity index is 733. The number of carbonyl (C=O) groups excluding carboxylic acids is 2. The van der Waals surface area contributed by atoms with Gasteiger partial charge in [-0.15, -0.1) is 0 Å². The first-order valence-electron chi connectivity index (χ1n) is 5.83. The molecule has 20 heavy (non-hydrogen) atoms. The van der Waals surface area contributed by atoms with Gasteiger partial charge in [0.25, 0.3) is 11.7 Å². The lowest BCUT2D eigenvalue weighted by atomic mass is 10.1. The Labute approximate surface area is 124 Å². The minimum absolute atomic E-state index is 0.439. The van der Waals surface area contributed by atoms with E-state index in [2.05, 4.69) is 4.98 Å². The zero-order valence-electron chi connectivity index (χ0n) is 10.5. The van der Waals surface area contributed by atoms with Crippen molar-refractivity contribution in [3.8, 4) is 0 Å². The van der Waals surface area contributed by atoms with Crippen LogP contribution < -0.4 is 4.90 Å². The van der Waals surface area contributed by atoms with Gasteiger partial charge in [0.15, 0.2) is 0 Å². The summed E-state index contributed by atoms with van der Waals surface area (Å²) in [4.78, 5) is 29.8. The van der Waals surface area contributed by atoms with E-state index in [1.807, 2.05) is 0 Å². The van der Waals surface area contributed by atoms with Gasteiger partial charge in [-0.05, 0) is 30.3 Å². The summed E-state index contributed by atoms with van der Waals surface area (Å²) >= 11 is 7.46. The fraction of sp³-hybridized carbons (Fsp3) is 0.0714. The van der Waals surface area contributed by atoms with E-state index in [0.29, 0.717) is 21.3 Å². The quantitative estimate of drug-likeness (QED) is 0.800. The highest BCUT2D eigenvalue weighted by Gasteiger charge is 2.33. The van der Waals surface area contributed by atoms with E-state index < -0.39 is 11.7 Å². The van der Waals surface area contributed by atoms with Gasteiger partial charge in [0.1, 0.15) is 5.03 Å². The first-order chi connectivity index (χ1) is 9.58. The van der Waals surface area contributed by atoms with Gasteiger partial charge in [0.2, 0.25) is 0 Å². The third-order valence-electron chi connectivity index (χ3n) is 3.01. The maximum absolute atomic E-state index is 11.7.